The molecule has 2 aromatic rings. The standard InChI is InChI=1S/C12H8F3N3O2S/c13-12(14,15)10-5-6-16-11(17-10)21-7-8-3-1-2-4-9(8)18(19)20/h1-6H,7H2. The SMILES string of the molecule is O=[N+]([O-])c1ccccc1CSc1nccc(C(F)(F)F)n1. The van der Waals surface area contributed by atoms with Crippen LogP contribution in [-0.4, -0.2) is 14.9 Å². The van der Waals surface area contributed by atoms with E-state index in [4.69, 9.17) is 0 Å². The fourth-order valence-corrected chi connectivity index (χ4v) is 2.35. The van der Waals surface area contributed by atoms with Gasteiger partial charge in [-0.3, -0.25) is 10.1 Å². The minimum Gasteiger partial charge on any atom is -0.258 e. The number of halogens is 3. The van der Waals surface area contributed by atoms with E-state index in [1.54, 1.807) is 12.1 Å². The van der Waals surface area contributed by atoms with Gasteiger partial charge < -0.3 is 0 Å². The summed E-state index contributed by atoms with van der Waals surface area (Å²) in [6, 6.07) is 6.79. The number of alkyl halides is 3. The highest BCUT2D eigenvalue weighted by Gasteiger charge is 2.32. The smallest absolute Gasteiger partial charge is 0.258 e. The molecule has 21 heavy (non-hydrogen) atoms. The van der Waals surface area contributed by atoms with Crippen molar-refractivity contribution in [3.8, 4) is 0 Å². The fourth-order valence-electron chi connectivity index (χ4n) is 1.52. The summed E-state index contributed by atoms with van der Waals surface area (Å²) in [6.07, 6.45) is -3.53. The molecule has 9 heteroatoms. The number of hydrogen-bond donors (Lipinski definition) is 0. The molecule has 1 heterocycles. The Balaban J connectivity index is 2.16. The van der Waals surface area contributed by atoms with Crippen molar-refractivity contribution in [1.29, 1.82) is 0 Å². The summed E-state index contributed by atoms with van der Waals surface area (Å²) in [5, 5.41) is 10.8. The molecule has 5 nitrogen and oxygen atoms in total. The lowest BCUT2D eigenvalue weighted by Crippen LogP contribution is -2.08. The lowest BCUT2D eigenvalue weighted by Gasteiger charge is -2.06. The quantitative estimate of drug-likeness (QED) is 0.372. The first kappa shape index (κ1) is 15.2. The number of thioether (sulfide) groups is 1. The molecule has 2 rings (SSSR count). The minimum absolute atomic E-state index is 0.0806. The monoisotopic (exact) mass is 315 g/mol. The Morgan fingerprint density at radius 1 is 1.24 bits per heavy atom. The minimum atomic E-state index is -4.54. The van der Waals surface area contributed by atoms with Crippen LogP contribution in [0.4, 0.5) is 18.9 Å². The predicted molar refractivity (Wildman–Crippen MR) is 69.7 cm³/mol. The second-order valence-corrected chi connectivity index (χ2v) is 4.84. The van der Waals surface area contributed by atoms with Gasteiger partial charge in [-0.25, -0.2) is 9.97 Å². The van der Waals surface area contributed by atoms with E-state index in [1.807, 2.05) is 0 Å². The van der Waals surface area contributed by atoms with Crippen molar-refractivity contribution < 1.29 is 18.1 Å². The molecule has 0 N–H and O–H groups in total. The van der Waals surface area contributed by atoms with Gasteiger partial charge in [-0.1, -0.05) is 30.0 Å². The zero-order chi connectivity index (χ0) is 15.5. The third-order valence-corrected chi connectivity index (χ3v) is 3.38. The van der Waals surface area contributed by atoms with E-state index in [0.29, 0.717) is 5.56 Å². The average Bonchev–Trinajstić information content (AvgIpc) is 2.45. The zero-order valence-electron chi connectivity index (χ0n) is 10.4. The molecule has 1 aromatic carbocycles. The van der Waals surface area contributed by atoms with E-state index in [9.17, 15) is 23.3 Å². The van der Waals surface area contributed by atoms with Crippen LogP contribution < -0.4 is 0 Å². The van der Waals surface area contributed by atoms with E-state index in [2.05, 4.69) is 9.97 Å². The Labute approximate surface area is 121 Å². The van der Waals surface area contributed by atoms with Crippen molar-refractivity contribution >= 4 is 17.4 Å². The van der Waals surface area contributed by atoms with Gasteiger partial charge in [0.25, 0.3) is 5.69 Å². The van der Waals surface area contributed by atoms with E-state index in [-0.39, 0.29) is 16.6 Å². The van der Waals surface area contributed by atoms with Crippen molar-refractivity contribution in [3.63, 3.8) is 0 Å². The summed E-state index contributed by atoms with van der Waals surface area (Å²) in [5.41, 5.74) is -0.729. The summed E-state index contributed by atoms with van der Waals surface area (Å²) < 4.78 is 37.5. The Morgan fingerprint density at radius 2 is 1.95 bits per heavy atom. The molecule has 0 aliphatic rings. The first-order valence-electron chi connectivity index (χ1n) is 5.63. The molecule has 0 saturated heterocycles. The molecule has 0 amide bonds. The summed E-state index contributed by atoms with van der Waals surface area (Å²) in [4.78, 5) is 17.4. The third-order valence-electron chi connectivity index (χ3n) is 2.47. The lowest BCUT2D eigenvalue weighted by atomic mass is 10.2. The van der Waals surface area contributed by atoms with Crippen LogP contribution in [0.2, 0.25) is 0 Å². The molecule has 110 valence electrons. The number of rotatable bonds is 4. The summed E-state index contributed by atoms with van der Waals surface area (Å²) in [6.45, 7) is 0. The van der Waals surface area contributed by atoms with Gasteiger partial charge in [0.1, 0.15) is 5.69 Å². The van der Waals surface area contributed by atoms with Gasteiger partial charge in [-0.05, 0) is 6.07 Å². The molecule has 0 radical (unpaired) electrons. The number of hydrogen-bond acceptors (Lipinski definition) is 5. The Morgan fingerprint density at radius 3 is 2.62 bits per heavy atom. The molecular formula is C12H8F3N3O2S. The first-order chi connectivity index (χ1) is 9.88. The van der Waals surface area contributed by atoms with Crippen LogP contribution in [0.5, 0.6) is 0 Å². The van der Waals surface area contributed by atoms with Gasteiger partial charge in [-0.15, -0.1) is 0 Å². The third kappa shape index (κ3) is 3.91. The summed E-state index contributed by atoms with van der Waals surface area (Å²) in [7, 11) is 0. The number of nitrogens with zero attached hydrogens (tertiary/aromatic N) is 3. The van der Waals surface area contributed by atoms with Crippen LogP contribution in [0.3, 0.4) is 0 Å². The van der Waals surface area contributed by atoms with Gasteiger partial charge in [0.05, 0.1) is 4.92 Å². The van der Waals surface area contributed by atoms with Crippen LogP contribution >= 0.6 is 11.8 Å². The highest BCUT2D eigenvalue weighted by atomic mass is 32.2. The predicted octanol–water partition coefficient (Wildman–Crippen LogP) is 3.70. The number of aromatic nitrogens is 2. The highest BCUT2D eigenvalue weighted by molar-refractivity contribution is 7.98. The number of nitro groups is 1. The molecular weight excluding hydrogens is 307 g/mol. The number of para-hydroxylation sites is 1. The molecule has 0 saturated carbocycles. The van der Waals surface area contributed by atoms with Crippen molar-refractivity contribution in [2.75, 3.05) is 0 Å². The Kier molecular flexibility index (Phi) is 4.41. The van der Waals surface area contributed by atoms with E-state index < -0.39 is 16.8 Å². The second kappa shape index (κ2) is 6.08. The van der Waals surface area contributed by atoms with Gasteiger partial charge in [0.2, 0.25) is 0 Å². The largest absolute Gasteiger partial charge is 0.433 e. The normalized spacial score (nSPS) is 11.4. The van der Waals surface area contributed by atoms with Gasteiger partial charge >= 0.3 is 6.18 Å². The van der Waals surface area contributed by atoms with Crippen LogP contribution in [0.1, 0.15) is 11.3 Å². The number of nitro benzene ring substituents is 1. The van der Waals surface area contributed by atoms with Crippen LogP contribution in [-0.2, 0) is 11.9 Å². The van der Waals surface area contributed by atoms with E-state index >= 15 is 0 Å². The maximum atomic E-state index is 12.5. The van der Waals surface area contributed by atoms with Crippen LogP contribution in [0.25, 0.3) is 0 Å². The van der Waals surface area contributed by atoms with Gasteiger partial charge in [-0.2, -0.15) is 13.2 Å². The van der Waals surface area contributed by atoms with Gasteiger partial charge in [0.15, 0.2) is 5.16 Å². The fraction of sp³-hybridized carbons (Fsp3) is 0.167. The molecule has 0 unspecified atom stereocenters. The Hall–Kier alpha value is -2.16. The zero-order valence-corrected chi connectivity index (χ0v) is 11.2. The van der Waals surface area contributed by atoms with Crippen molar-refractivity contribution in [1.82, 2.24) is 9.97 Å². The lowest BCUT2D eigenvalue weighted by molar-refractivity contribution is -0.385. The van der Waals surface area contributed by atoms with E-state index in [0.717, 1.165) is 24.0 Å². The molecule has 0 aliphatic carbocycles. The molecule has 0 atom stereocenters. The topological polar surface area (TPSA) is 68.9 Å². The van der Waals surface area contributed by atoms with Crippen LogP contribution in [0, 0.1) is 10.1 Å². The van der Waals surface area contributed by atoms with Crippen molar-refractivity contribution in [2.45, 2.75) is 17.1 Å². The molecule has 0 fully saturated rings. The second-order valence-electron chi connectivity index (χ2n) is 3.90. The highest BCUT2D eigenvalue weighted by Crippen LogP contribution is 2.30. The molecule has 1 aromatic heterocycles. The summed E-state index contributed by atoms with van der Waals surface area (Å²) >= 11 is 0.909. The van der Waals surface area contributed by atoms with Crippen molar-refractivity contribution in [2.24, 2.45) is 0 Å². The molecule has 0 aliphatic heterocycles. The maximum absolute atomic E-state index is 12.5. The first-order valence-corrected chi connectivity index (χ1v) is 6.62. The average molecular weight is 315 g/mol. The number of benzene rings is 1. The Bertz CT molecular complexity index is 664. The maximum Gasteiger partial charge on any atom is 0.433 e. The van der Waals surface area contributed by atoms with E-state index in [1.165, 1.54) is 12.1 Å². The van der Waals surface area contributed by atoms with Gasteiger partial charge in [0, 0.05) is 23.6 Å². The van der Waals surface area contributed by atoms with Crippen molar-refractivity contribution in [3.05, 3.63) is 57.9 Å². The summed E-state index contributed by atoms with van der Waals surface area (Å²) in [5.74, 6) is 0.110. The van der Waals surface area contributed by atoms with Crippen LogP contribution in [0.15, 0.2) is 41.7 Å². The molecule has 0 bridgehead atoms. The molecule has 0 spiro atoms.